The average molecular weight is 373 g/mol. The largest absolute Gasteiger partial charge is 0.274 e. The van der Waals surface area contributed by atoms with Gasteiger partial charge in [0.15, 0.2) is 0 Å². The van der Waals surface area contributed by atoms with Crippen LogP contribution in [0.4, 0.5) is 0 Å². The third-order valence-electron chi connectivity index (χ3n) is 1.61. The molecule has 0 spiro atoms. The second kappa shape index (κ2) is 3.93. The van der Waals surface area contributed by atoms with E-state index in [1.807, 2.05) is 0 Å². The molecule has 0 atom stereocenters. The monoisotopic (exact) mass is 373 g/mol. The molecule has 0 saturated heterocycles. The Morgan fingerprint density at radius 1 is 1.36 bits per heavy atom. The van der Waals surface area contributed by atoms with E-state index in [0.29, 0.717) is 0 Å². The number of aryl methyl sites for hydroxylation is 1. The second-order valence-electron chi connectivity index (χ2n) is 2.40. The second-order valence-corrected chi connectivity index (χ2v) is 5.18. The molecule has 3 heteroatoms. The van der Waals surface area contributed by atoms with E-state index in [9.17, 15) is 0 Å². The number of rotatable bonds is 1. The van der Waals surface area contributed by atoms with Crippen LogP contribution >= 0.6 is 43.6 Å². The van der Waals surface area contributed by atoms with Crippen LogP contribution in [0.3, 0.4) is 0 Å². The molecular weight excluding hydrogens is 364 g/mol. The Balaban J connectivity index is 3.40. The van der Waals surface area contributed by atoms with Gasteiger partial charge in [-0.05, 0) is 53.6 Å². The molecule has 0 bridgehead atoms. The average Bonchev–Trinajstić information content (AvgIpc) is 1.99. The van der Waals surface area contributed by atoms with Crippen molar-refractivity contribution in [2.75, 3.05) is 0 Å². The number of hydrogen-bond donors (Lipinski definition) is 1. The van der Waals surface area contributed by atoms with Crippen LogP contribution in [0.5, 0.6) is 0 Å². The molecule has 1 N–H and O–H groups in total. The summed E-state index contributed by atoms with van der Waals surface area (Å²) in [6.45, 7) is 4.20. The molecule has 1 rings (SSSR count). The van der Waals surface area contributed by atoms with Gasteiger partial charge in [0, 0.05) is 28.2 Å². The molecule has 0 saturated carbocycles. The van der Waals surface area contributed by atoms with Crippen LogP contribution in [0.1, 0.15) is 11.1 Å². The summed E-state index contributed by atoms with van der Waals surface area (Å²) >= 11 is 1.82. The highest BCUT2D eigenvalue weighted by Gasteiger charge is 2.02. The van der Waals surface area contributed by atoms with E-state index in [2.05, 4.69) is 48.6 Å². The maximum absolute atomic E-state index is 7.43. The minimum atomic E-state index is -0.506. The molecule has 0 aliphatic heterocycles. The lowest BCUT2D eigenvalue weighted by atomic mass is 10.2. The van der Waals surface area contributed by atoms with Crippen LogP contribution in [-0.2, 0) is 0 Å². The van der Waals surface area contributed by atoms with E-state index in [4.69, 9.17) is 3.56 Å². The number of hydrogen-bond acceptors (Lipinski definition) is 1. The van der Waals surface area contributed by atoms with Crippen molar-refractivity contribution in [3.8, 4) is 0 Å². The molecule has 11 heavy (non-hydrogen) atoms. The topological polar surface area (TPSA) is 23.9 Å². The number of nitrogens with one attached hydrogen (secondary N) is 1. The van der Waals surface area contributed by atoms with E-state index in [0.717, 1.165) is 0 Å². The summed E-state index contributed by atoms with van der Waals surface area (Å²) in [4.78, 5) is 0. The van der Waals surface area contributed by atoms with Crippen molar-refractivity contribution >= 4 is 43.6 Å². The third-order valence-corrected chi connectivity index (χ3v) is 4.98. The molecule has 0 aliphatic carbocycles. The van der Waals surface area contributed by atoms with Crippen molar-refractivity contribution in [1.82, 2.24) is 0 Å². The van der Waals surface area contributed by atoms with Gasteiger partial charge in [0.25, 0.3) is 0 Å². The predicted octanol–water partition coefficient (Wildman–Crippen LogP) is 3.81. The Morgan fingerprint density at radius 2 is 2.00 bits per heavy atom. The fourth-order valence-electron chi connectivity index (χ4n) is 0.942. The standard InChI is InChI=1S/C8H9I2N/c1-5-3-4-7(9)6(2)8(5)10-11/h3-4,11H,1-2H3. The Kier molecular flexibility index (Phi) is 3.42. The van der Waals surface area contributed by atoms with Crippen LogP contribution in [0.15, 0.2) is 12.1 Å². The molecule has 60 valence electrons. The Hall–Kier alpha value is 0.480. The summed E-state index contributed by atoms with van der Waals surface area (Å²) < 4.78 is 10.0. The van der Waals surface area contributed by atoms with Gasteiger partial charge in [0.1, 0.15) is 0 Å². The van der Waals surface area contributed by atoms with Crippen molar-refractivity contribution < 1.29 is 0 Å². The van der Waals surface area contributed by atoms with Crippen LogP contribution in [0.2, 0.25) is 0 Å². The van der Waals surface area contributed by atoms with E-state index in [1.165, 1.54) is 18.3 Å². The lowest BCUT2D eigenvalue weighted by Crippen LogP contribution is -1.88. The molecule has 0 radical (unpaired) electrons. The normalized spacial score (nSPS) is 10.1. The lowest BCUT2D eigenvalue weighted by molar-refractivity contribution is 1.31. The highest BCUT2D eigenvalue weighted by molar-refractivity contribution is 14.2. The number of halogens is 2. The Morgan fingerprint density at radius 3 is 2.45 bits per heavy atom. The van der Waals surface area contributed by atoms with E-state index >= 15 is 0 Å². The highest BCUT2D eigenvalue weighted by Crippen LogP contribution is 2.24. The first kappa shape index (κ1) is 9.57. The molecule has 0 heterocycles. The van der Waals surface area contributed by atoms with Gasteiger partial charge in [-0.2, -0.15) is 0 Å². The molecule has 0 unspecified atom stereocenters. The first-order chi connectivity index (χ1) is 5.16. The smallest absolute Gasteiger partial charge is 0.0317 e. The minimum Gasteiger partial charge on any atom is -0.274 e. The van der Waals surface area contributed by atoms with Crippen molar-refractivity contribution in [3.63, 3.8) is 0 Å². The van der Waals surface area contributed by atoms with Crippen LogP contribution in [0.25, 0.3) is 0 Å². The SMILES string of the molecule is Cc1ccc(I)c(C)c1I=N. The first-order valence-corrected chi connectivity index (χ1v) is 6.46. The minimum absolute atomic E-state index is 0.506. The molecular formula is C8H9I2N. The Bertz CT molecular complexity index is 294. The molecule has 0 aliphatic rings. The van der Waals surface area contributed by atoms with Crippen LogP contribution < -0.4 is 0 Å². The van der Waals surface area contributed by atoms with Gasteiger partial charge in [0.2, 0.25) is 0 Å². The molecule has 1 nitrogen and oxygen atoms in total. The van der Waals surface area contributed by atoms with Gasteiger partial charge in [0.05, 0.1) is 0 Å². The van der Waals surface area contributed by atoms with E-state index in [-0.39, 0.29) is 0 Å². The molecule has 0 aromatic heterocycles. The van der Waals surface area contributed by atoms with Crippen molar-refractivity contribution in [3.05, 3.63) is 30.4 Å². The van der Waals surface area contributed by atoms with Crippen molar-refractivity contribution in [2.24, 2.45) is 0 Å². The van der Waals surface area contributed by atoms with E-state index < -0.39 is 21.0 Å². The van der Waals surface area contributed by atoms with E-state index in [1.54, 1.807) is 0 Å². The Labute approximate surface area is 90.7 Å². The van der Waals surface area contributed by atoms with Gasteiger partial charge < -0.3 is 0 Å². The number of benzene rings is 1. The zero-order chi connectivity index (χ0) is 8.43. The zero-order valence-electron chi connectivity index (χ0n) is 6.41. The molecule has 1 aromatic carbocycles. The zero-order valence-corrected chi connectivity index (χ0v) is 10.7. The van der Waals surface area contributed by atoms with Crippen molar-refractivity contribution in [1.29, 1.82) is 3.56 Å². The third kappa shape index (κ3) is 1.99. The summed E-state index contributed by atoms with van der Waals surface area (Å²) in [5.74, 6) is 0. The fourth-order valence-corrected chi connectivity index (χ4v) is 3.21. The molecule has 0 fully saturated rings. The summed E-state index contributed by atoms with van der Waals surface area (Å²) in [6.07, 6.45) is 0. The summed E-state index contributed by atoms with van der Waals surface area (Å²) in [5.41, 5.74) is 2.60. The van der Waals surface area contributed by atoms with Gasteiger partial charge in [-0.1, -0.05) is 6.07 Å². The summed E-state index contributed by atoms with van der Waals surface area (Å²) in [5, 5.41) is 0. The van der Waals surface area contributed by atoms with Crippen LogP contribution in [0, 0.1) is 24.5 Å². The fraction of sp³-hybridized carbons (Fsp3) is 0.250. The van der Waals surface area contributed by atoms with Gasteiger partial charge in [-0.25, -0.2) is 0 Å². The molecule has 0 amide bonds. The highest BCUT2D eigenvalue weighted by atomic mass is 127. The summed E-state index contributed by atoms with van der Waals surface area (Å²) in [7, 11) is 0. The van der Waals surface area contributed by atoms with Gasteiger partial charge >= 0.3 is 0 Å². The summed E-state index contributed by atoms with van der Waals surface area (Å²) in [6, 6.07) is 4.23. The molecule has 1 aromatic rings. The van der Waals surface area contributed by atoms with Gasteiger partial charge in [-0.3, -0.25) is 3.56 Å². The van der Waals surface area contributed by atoms with Crippen molar-refractivity contribution in [2.45, 2.75) is 13.8 Å². The maximum atomic E-state index is 7.43. The maximum Gasteiger partial charge on any atom is 0.0317 e. The first-order valence-electron chi connectivity index (χ1n) is 3.23. The van der Waals surface area contributed by atoms with Gasteiger partial charge in [-0.15, -0.1) is 0 Å². The predicted molar refractivity (Wildman–Crippen MR) is 64.1 cm³/mol. The quantitative estimate of drug-likeness (QED) is 0.725. The lowest BCUT2D eigenvalue weighted by Gasteiger charge is -2.04. The van der Waals surface area contributed by atoms with Crippen LogP contribution in [-0.4, -0.2) is 0 Å².